The molecular weight excluding hydrogens is 360 g/mol. The minimum absolute atomic E-state index is 0.165. The quantitative estimate of drug-likeness (QED) is 0.582. The van der Waals surface area contributed by atoms with Crippen LogP contribution in [0.1, 0.15) is 40.6 Å². The number of ether oxygens (including phenoxy) is 1. The van der Waals surface area contributed by atoms with Crippen molar-refractivity contribution in [2.75, 3.05) is 25.0 Å². The average Bonchev–Trinajstić information content (AvgIpc) is 2.68. The molecule has 0 spiro atoms. The molecule has 2 heterocycles. The molecule has 0 aliphatic carbocycles. The number of amides is 2. The summed E-state index contributed by atoms with van der Waals surface area (Å²) >= 11 is 0. The average molecular weight is 382 g/mol. The predicted octanol–water partition coefficient (Wildman–Crippen LogP) is 2.14. The van der Waals surface area contributed by atoms with Gasteiger partial charge in [-0.1, -0.05) is 13.3 Å². The van der Waals surface area contributed by atoms with E-state index in [2.05, 4.69) is 15.3 Å². The Morgan fingerprint density at radius 1 is 1.18 bits per heavy atom. The van der Waals surface area contributed by atoms with Crippen molar-refractivity contribution in [3.05, 3.63) is 54.1 Å². The number of nitrogens with one attached hydrogen (secondary N) is 1. The van der Waals surface area contributed by atoms with Crippen molar-refractivity contribution >= 4 is 23.5 Å². The second-order valence-corrected chi connectivity index (χ2v) is 6.55. The molecule has 28 heavy (non-hydrogen) atoms. The zero-order valence-electron chi connectivity index (χ0n) is 15.6. The smallest absolute Gasteiger partial charge is 0.338 e. The number of benzene rings is 1. The first-order valence-corrected chi connectivity index (χ1v) is 9.22. The summed E-state index contributed by atoms with van der Waals surface area (Å²) in [6, 6.07) is 6.56. The van der Waals surface area contributed by atoms with Gasteiger partial charge in [-0.25, -0.2) is 9.78 Å². The zero-order valence-corrected chi connectivity index (χ0v) is 15.6. The molecule has 2 aromatic rings. The standard InChI is InChI=1S/C20H22N4O4/c1-2-3-10-28-20(27)14-4-6-16(7-5-14)23-18(25)15-12-24(13-15)19(26)17-11-21-8-9-22-17/h4-9,11,15H,2-3,10,12-13H2,1H3,(H,23,25). The molecule has 0 saturated carbocycles. The van der Waals surface area contributed by atoms with Crippen LogP contribution in [0.15, 0.2) is 42.9 Å². The highest BCUT2D eigenvalue weighted by atomic mass is 16.5. The number of carbonyl (C=O) groups is 3. The maximum absolute atomic E-state index is 12.3. The van der Waals surface area contributed by atoms with Gasteiger partial charge >= 0.3 is 5.97 Å². The molecule has 1 N–H and O–H groups in total. The Bertz CT molecular complexity index is 833. The highest BCUT2D eigenvalue weighted by Gasteiger charge is 2.36. The van der Waals surface area contributed by atoms with Gasteiger partial charge in [-0.2, -0.15) is 0 Å². The first kappa shape index (κ1) is 19.5. The molecular formula is C20H22N4O4. The van der Waals surface area contributed by atoms with Crippen LogP contribution < -0.4 is 5.32 Å². The summed E-state index contributed by atoms with van der Waals surface area (Å²) in [6.45, 7) is 3.10. The van der Waals surface area contributed by atoms with Gasteiger partial charge < -0.3 is 15.0 Å². The Morgan fingerprint density at radius 2 is 1.93 bits per heavy atom. The molecule has 1 saturated heterocycles. The number of hydrogen-bond acceptors (Lipinski definition) is 6. The van der Waals surface area contributed by atoms with E-state index in [0.717, 1.165) is 12.8 Å². The van der Waals surface area contributed by atoms with Crippen molar-refractivity contribution in [2.45, 2.75) is 19.8 Å². The van der Waals surface area contributed by atoms with Crippen LogP contribution in [0.25, 0.3) is 0 Å². The van der Waals surface area contributed by atoms with Gasteiger partial charge in [0.2, 0.25) is 5.91 Å². The molecule has 3 rings (SSSR count). The lowest BCUT2D eigenvalue weighted by atomic mass is 9.98. The van der Waals surface area contributed by atoms with Crippen molar-refractivity contribution in [1.82, 2.24) is 14.9 Å². The number of carbonyl (C=O) groups excluding carboxylic acids is 3. The lowest BCUT2D eigenvalue weighted by Gasteiger charge is -2.37. The molecule has 1 aromatic carbocycles. The number of anilines is 1. The fraction of sp³-hybridized carbons (Fsp3) is 0.350. The second kappa shape index (κ2) is 9.07. The predicted molar refractivity (Wildman–Crippen MR) is 102 cm³/mol. The van der Waals surface area contributed by atoms with Gasteiger partial charge in [0.25, 0.3) is 5.91 Å². The summed E-state index contributed by atoms with van der Waals surface area (Å²) in [5.74, 6) is -1.05. The summed E-state index contributed by atoms with van der Waals surface area (Å²) in [5.41, 5.74) is 1.30. The van der Waals surface area contributed by atoms with Crippen LogP contribution in [0.4, 0.5) is 5.69 Å². The normalized spacial score (nSPS) is 13.5. The largest absolute Gasteiger partial charge is 0.462 e. The molecule has 0 unspecified atom stereocenters. The molecule has 0 atom stereocenters. The third kappa shape index (κ3) is 4.70. The highest BCUT2D eigenvalue weighted by molar-refractivity contribution is 5.98. The van der Waals surface area contributed by atoms with Gasteiger partial charge in [-0.15, -0.1) is 0 Å². The van der Waals surface area contributed by atoms with Gasteiger partial charge in [0.1, 0.15) is 5.69 Å². The third-order valence-corrected chi connectivity index (χ3v) is 4.44. The molecule has 1 aliphatic heterocycles. The molecule has 2 amide bonds. The van der Waals surface area contributed by atoms with E-state index >= 15 is 0 Å². The first-order valence-electron chi connectivity index (χ1n) is 9.22. The van der Waals surface area contributed by atoms with Crippen LogP contribution in [-0.4, -0.2) is 52.3 Å². The van der Waals surface area contributed by atoms with Gasteiger partial charge in [0.15, 0.2) is 0 Å². The van der Waals surface area contributed by atoms with E-state index in [1.807, 2.05) is 6.92 Å². The van der Waals surface area contributed by atoms with Gasteiger partial charge in [-0.05, 0) is 30.7 Å². The summed E-state index contributed by atoms with van der Waals surface area (Å²) < 4.78 is 5.15. The second-order valence-electron chi connectivity index (χ2n) is 6.55. The van der Waals surface area contributed by atoms with Crippen LogP contribution in [-0.2, 0) is 9.53 Å². The Balaban J connectivity index is 1.47. The highest BCUT2D eigenvalue weighted by Crippen LogP contribution is 2.20. The first-order chi connectivity index (χ1) is 13.6. The number of rotatable bonds is 7. The number of likely N-dealkylation sites (tertiary alicyclic amines) is 1. The summed E-state index contributed by atoms with van der Waals surface area (Å²) in [5, 5.41) is 2.80. The van der Waals surface area contributed by atoms with Crippen LogP contribution in [0, 0.1) is 5.92 Å². The van der Waals surface area contributed by atoms with E-state index in [9.17, 15) is 14.4 Å². The third-order valence-electron chi connectivity index (χ3n) is 4.44. The zero-order chi connectivity index (χ0) is 19.9. The van der Waals surface area contributed by atoms with E-state index in [4.69, 9.17) is 4.74 Å². The van der Waals surface area contributed by atoms with Crippen molar-refractivity contribution in [3.63, 3.8) is 0 Å². The van der Waals surface area contributed by atoms with Gasteiger partial charge in [-0.3, -0.25) is 14.6 Å². The molecule has 1 aliphatic rings. The lowest BCUT2D eigenvalue weighted by Crippen LogP contribution is -2.54. The number of aromatic nitrogens is 2. The number of unbranched alkanes of at least 4 members (excludes halogenated alkanes) is 1. The van der Waals surface area contributed by atoms with E-state index in [0.29, 0.717) is 30.9 Å². The van der Waals surface area contributed by atoms with Crippen LogP contribution in [0.5, 0.6) is 0 Å². The van der Waals surface area contributed by atoms with Gasteiger partial charge in [0.05, 0.1) is 24.3 Å². The van der Waals surface area contributed by atoms with Crippen LogP contribution in [0.3, 0.4) is 0 Å². The number of hydrogen-bond donors (Lipinski definition) is 1. The molecule has 1 fully saturated rings. The summed E-state index contributed by atoms with van der Waals surface area (Å²) in [4.78, 5) is 45.8. The molecule has 0 radical (unpaired) electrons. The van der Waals surface area contributed by atoms with Crippen molar-refractivity contribution < 1.29 is 19.1 Å². The Labute approximate surface area is 162 Å². The van der Waals surface area contributed by atoms with Crippen molar-refractivity contribution in [1.29, 1.82) is 0 Å². The van der Waals surface area contributed by atoms with Crippen molar-refractivity contribution in [2.24, 2.45) is 5.92 Å². The Hall–Kier alpha value is -3.29. The minimum Gasteiger partial charge on any atom is -0.462 e. The van der Waals surface area contributed by atoms with Gasteiger partial charge in [0, 0.05) is 31.2 Å². The van der Waals surface area contributed by atoms with Crippen LogP contribution in [0.2, 0.25) is 0 Å². The lowest BCUT2D eigenvalue weighted by molar-refractivity contribution is -0.123. The topological polar surface area (TPSA) is 101 Å². The molecule has 8 heteroatoms. The number of esters is 1. The summed E-state index contributed by atoms with van der Waals surface area (Å²) in [7, 11) is 0. The summed E-state index contributed by atoms with van der Waals surface area (Å²) in [6.07, 6.45) is 6.16. The molecule has 146 valence electrons. The van der Waals surface area contributed by atoms with E-state index in [-0.39, 0.29) is 29.4 Å². The maximum Gasteiger partial charge on any atom is 0.338 e. The molecule has 0 bridgehead atoms. The SMILES string of the molecule is CCCCOC(=O)c1ccc(NC(=O)C2CN(C(=O)c3cnccn3)C2)cc1. The minimum atomic E-state index is -0.372. The Morgan fingerprint density at radius 3 is 2.57 bits per heavy atom. The molecule has 8 nitrogen and oxygen atoms in total. The van der Waals surface area contributed by atoms with E-state index < -0.39 is 0 Å². The van der Waals surface area contributed by atoms with E-state index in [1.54, 1.807) is 29.2 Å². The fourth-order valence-corrected chi connectivity index (χ4v) is 2.71. The van der Waals surface area contributed by atoms with E-state index in [1.165, 1.54) is 18.6 Å². The van der Waals surface area contributed by atoms with Crippen LogP contribution >= 0.6 is 0 Å². The Kier molecular flexibility index (Phi) is 6.31. The van der Waals surface area contributed by atoms with Crippen molar-refractivity contribution in [3.8, 4) is 0 Å². The maximum atomic E-state index is 12.3. The number of nitrogens with zero attached hydrogens (tertiary/aromatic N) is 3. The monoisotopic (exact) mass is 382 g/mol. The fourth-order valence-electron chi connectivity index (χ4n) is 2.71. The molecule has 1 aromatic heterocycles.